The largest absolute Gasteiger partial charge is 0.338 e. The molecule has 118 valence electrons. The van der Waals surface area contributed by atoms with Crippen molar-refractivity contribution in [2.24, 2.45) is 5.92 Å². The van der Waals surface area contributed by atoms with E-state index in [0.717, 1.165) is 30.7 Å². The quantitative estimate of drug-likeness (QED) is 0.806. The van der Waals surface area contributed by atoms with E-state index in [1.807, 2.05) is 0 Å². The molecule has 0 radical (unpaired) electrons. The standard InChI is InChI=1S/C16H28N4O/c1-12(16-17-15(18-21-16)14-4-5-14)20-10-7-13(8-11-20)6-9-19(2)3/h12-14H,4-11H2,1-3H3/t12-/m1/s1. The fourth-order valence-electron chi connectivity index (χ4n) is 3.15. The van der Waals surface area contributed by atoms with E-state index in [4.69, 9.17) is 4.52 Å². The van der Waals surface area contributed by atoms with Gasteiger partial charge in [-0.25, -0.2) is 0 Å². The molecule has 5 nitrogen and oxygen atoms in total. The number of hydrogen-bond donors (Lipinski definition) is 0. The molecule has 21 heavy (non-hydrogen) atoms. The minimum atomic E-state index is 0.264. The monoisotopic (exact) mass is 292 g/mol. The molecule has 2 aliphatic rings. The van der Waals surface area contributed by atoms with Crippen molar-refractivity contribution >= 4 is 0 Å². The molecule has 0 spiro atoms. The lowest BCUT2D eigenvalue weighted by Gasteiger charge is -2.34. The van der Waals surface area contributed by atoms with Gasteiger partial charge in [0.25, 0.3) is 0 Å². The third-order valence-electron chi connectivity index (χ3n) is 4.94. The molecule has 0 N–H and O–H groups in total. The molecule has 0 amide bonds. The number of hydrogen-bond acceptors (Lipinski definition) is 5. The van der Waals surface area contributed by atoms with Crippen molar-refractivity contribution in [3.8, 4) is 0 Å². The zero-order valence-electron chi connectivity index (χ0n) is 13.6. The fraction of sp³-hybridized carbons (Fsp3) is 0.875. The Morgan fingerprint density at radius 1 is 1.24 bits per heavy atom. The van der Waals surface area contributed by atoms with Crippen molar-refractivity contribution in [1.29, 1.82) is 0 Å². The normalized spacial score (nSPS) is 22.9. The predicted molar refractivity (Wildman–Crippen MR) is 82.2 cm³/mol. The molecule has 2 heterocycles. The topological polar surface area (TPSA) is 45.4 Å². The number of nitrogens with zero attached hydrogens (tertiary/aromatic N) is 4. The Balaban J connectivity index is 1.48. The maximum atomic E-state index is 5.48. The second kappa shape index (κ2) is 6.44. The van der Waals surface area contributed by atoms with Gasteiger partial charge in [-0.3, -0.25) is 4.90 Å². The highest BCUT2D eigenvalue weighted by molar-refractivity contribution is 5.04. The van der Waals surface area contributed by atoms with Gasteiger partial charge in [0.2, 0.25) is 5.89 Å². The lowest BCUT2D eigenvalue weighted by Crippen LogP contribution is -2.36. The molecule has 0 unspecified atom stereocenters. The molecule has 2 fully saturated rings. The fourth-order valence-corrected chi connectivity index (χ4v) is 3.15. The van der Waals surface area contributed by atoms with Crippen LogP contribution in [0.1, 0.15) is 62.7 Å². The van der Waals surface area contributed by atoms with Gasteiger partial charge in [0.05, 0.1) is 6.04 Å². The summed E-state index contributed by atoms with van der Waals surface area (Å²) in [5.41, 5.74) is 0. The van der Waals surface area contributed by atoms with E-state index >= 15 is 0 Å². The minimum Gasteiger partial charge on any atom is -0.338 e. The first-order valence-corrected chi connectivity index (χ1v) is 8.35. The molecule has 1 saturated heterocycles. The Morgan fingerprint density at radius 2 is 1.95 bits per heavy atom. The molecular weight excluding hydrogens is 264 g/mol. The highest BCUT2D eigenvalue weighted by atomic mass is 16.5. The van der Waals surface area contributed by atoms with Gasteiger partial charge in [0.15, 0.2) is 5.82 Å². The van der Waals surface area contributed by atoms with Crippen LogP contribution in [0.3, 0.4) is 0 Å². The summed E-state index contributed by atoms with van der Waals surface area (Å²) in [4.78, 5) is 9.38. The minimum absolute atomic E-state index is 0.264. The molecule has 0 aromatic carbocycles. The first-order valence-electron chi connectivity index (χ1n) is 8.35. The second-order valence-electron chi connectivity index (χ2n) is 7.01. The van der Waals surface area contributed by atoms with Crippen LogP contribution in [-0.2, 0) is 0 Å². The van der Waals surface area contributed by atoms with Crippen LogP contribution in [0.4, 0.5) is 0 Å². The van der Waals surface area contributed by atoms with Gasteiger partial charge >= 0.3 is 0 Å². The molecule has 1 aliphatic carbocycles. The van der Waals surface area contributed by atoms with Crippen LogP contribution < -0.4 is 0 Å². The maximum absolute atomic E-state index is 5.48. The second-order valence-corrected chi connectivity index (χ2v) is 7.01. The number of piperidine rings is 1. The molecule has 0 bridgehead atoms. The van der Waals surface area contributed by atoms with E-state index in [-0.39, 0.29) is 6.04 Å². The predicted octanol–water partition coefficient (Wildman–Crippen LogP) is 2.67. The van der Waals surface area contributed by atoms with Gasteiger partial charge in [0, 0.05) is 5.92 Å². The smallest absolute Gasteiger partial charge is 0.243 e. The summed E-state index contributed by atoms with van der Waals surface area (Å²) in [6.07, 6.45) is 6.36. The number of rotatable bonds is 6. The molecule has 3 rings (SSSR count). The molecule has 5 heteroatoms. The average molecular weight is 292 g/mol. The van der Waals surface area contributed by atoms with E-state index in [1.165, 1.54) is 38.6 Å². The van der Waals surface area contributed by atoms with Crippen LogP contribution in [0.25, 0.3) is 0 Å². The zero-order chi connectivity index (χ0) is 14.8. The highest BCUT2D eigenvalue weighted by Gasteiger charge is 2.31. The number of likely N-dealkylation sites (tertiary alicyclic amines) is 1. The summed E-state index contributed by atoms with van der Waals surface area (Å²) in [6, 6.07) is 0.264. The van der Waals surface area contributed by atoms with E-state index < -0.39 is 0 Å². The Kier molecular flexibility index (Phi) is 4.60. The average Bonchev–Trinajstić information content (AvgIpc) is 3.22. The first-order chi connectivity index (χ1) is 10.1. The van der Waals surface area contributed by atoms with E-state index in [2.05, 4.69) is 41.0 Å². The van der Waals surface area contributed by atoms with Gasteiger partial charge in [-0.2, -0.15) is 4.98 Å². The van der Waals surface area contributed by atoms with E-state index in [1.54, 1.807) is 0 Å². The Bertz CT molecular complexity index is 447. The van der Waals surface area contributed by atoms with E-state index in [9.17, 15) is 0 Å². The van der Waals surface area contributed by atoms with Crippen molar-refractivity contribution in [2.45, 2.75) is 51.0 Å². The number of aromatic nitrogens is 2. The lowest BCUT2D eigenvalue weighted by atomic mass is 9.92. The van der Waals surface area contributed by atoms with Crippen LogP contribution >= 0.6 is 0 Å². The van der Waals surface area contributed by atoms with Crippen LogP contribution in [0.5, 0.6) is 0 Å². The van der Waals surface area contributed by atoms with Crippen LogP contribution in [-0.4, -0.2) is 53.7 Å². The van der Waals surface area contributed by atoms with Gasteiger partial charge in [-0.1, -0.05) is 5.16 Å². The third-order valence-corrected chi connectivity index (χ3v) is 4.94. The van der Waals surface area contributed by atoms with Crippen LogP contribution in [0.2, 0.25) is 0 Å². The molecule has 1 saturated carbocycles. The van der Waals surface area contributed by atoms with Crippen molar-refractivity contribution in [1.82, 2.24) is 19.9 Å². The molecule has 1 atom stereocenters. The Labute approximate surface area is 127 Å². The van der Waals surface area contributed by atoms with E-state index in [0.29, 0.717) is 5.92 Å². The van der Waals surface area contributed by atoms with Crippen molar-refractivity contribution in [2.75, 3.05) is 33.7 Å². The third kappa shape index (κ3) is 3.83. The van der Waals surface area contributed by atoms with Crippen molar-refractivity contribution in [3.05, 3.63) is 11.7 Å². The molecule has 1 aliphatic heterocycles. The summed E-state index contributed by atoms with van der Waals surface area (Å²) in [6.45, 7) is 5.71. The summed E-state index contributed by atoms with van der Waals surface area (Å²) in [7, 11) is 4.31. The van der Waals surface area contributed by atoms with Gasteiger partial charge < -0.3 is 9.42 Å². The highest BCUT2D eigenvalue weighted by Crippen LogP contribution is 2.38. The maximum Gasteiger partial charge on any atom is 0.243 e. The van der Waals surface area contributed by atoms with Gasteiger partial charge in [-0.15, -0.1) is 0 Å². The molecule has 1 aromatic heterocycles. The first kappa shape index (κ1) is 15.0. The summed E-state index contributed by atoms with van der Waals surface area (Å²) in [5, 5.41) is 4.14. The summed E-state index contributed by atoms with van der Waals surface area (Å²) < 4.78 is 5.48. The Morgan fingerprint density at radius 3 is 2.57 bits per heavy atom. The summed E-state index contributed by atoms with van der Waals surface area (Å²) >= 11 is 0. The van der Waals surface area contributed by atoms with Gasteiger partial charge in [-0.05, 0) is 78.7 Å². The molecule has 1 aromatic rings. The Hall–Kier alpha value is -0.940. The SMILES string of the molecule is C[C@H](c1nc(C2CC2)no1)N1CCC(CCN(C)C)CC1. The lowest BCUT2D eigenvalue weighted by molar-refractivity contribution is 0.114. The zero-order valence-corrected chi connectivity index (χ0v) is 13.6. The van der Waals surface area contributed by atoms with Crippen LogP contribution in [0.15, 0.2) is 4.52 Å². The van der Waals surface area contributed by atoms with Crippen molar-refractivity contribution < 1.29 is 4.52 Å². The van der Waals surface area contributed by atoms with Crippen molar-refractivity contribution in [3.63, 3.8) is 0 Å². The molecular formula is C16H28N4O. The summed E-state index contributed by atoms with van der Waals surface area (Å²) in [5.74, 6) is 3.19. The van der Waals surface area contributed by atoms with Crippen LogP contribution in [0, 0.1) is 5.92 Å². The van der Waals surface area contributed by atoms with Gasteiger partial charge in [0.1, 0.15) is 0 Å².